The molecule has 1 saturated heterocycles. The van der Waals surface area contributed by atoms with Crippen LogP contribution in [0.15, 0.2) is 12.2 Å². The van der Waals surface area contributed by atoms with Crippen molar-refractivity contribution in [2.24, 2.45) is 0 Å². The van der Waals surface area contributed by atoms with Crippen molar-refractivity contribution in [2.45, 2.75) is 19.8 Å². The van der Waals surface area contributed by atoms with Crippen LogP contribution in [0.25, 0.3) is 0 Å². The predicted octanol–water partition coefficient (Wildman–Crippen LogP) is 1.32. The van der Waals surface area contributed by atoms with Crippen molar-refractivity contribution in [1.82, 2.24) is 4.90 Å². The summed E-state index contributed by atoms with van der Waals surface area (Å²) in [5.41, 5.74) is 0. The van der Waals surface area contributed by atoms with Gasteiger partial charge < -0.3 is 4.74 Å². The van der Waals surface area contributed by atoms with E-state index in [1.54, 1.807) is 6.08 Å². The van der Waals surface area contributed by atoms with Crippen molar-refractivity contribution >= 4 is 12.0 Å². The number of hydrogen-bond acceptors (Lipinski definition) is 3. The van der Waals surface area contributed by atoms with E-state index >= 15 is 0 Å². The van der Waals surface area contributed by atoms with Crippen LogP contribution in [0, 0.1) is 0 Å². The Bertz CT molecular complexity index is 235. The molecule has 0 aromatic rings. The third kappa shape index (κ3) is 2.57. The van der Waals surface area contributed by atoms with Crippen molar-refractivity contribution in [1.29, 1.82) is 0 Å². The number of nitrogens with zero attached hydrogens (tertiary/aromatic N) is 1. The molecular formula is C9H13NO3. The average Bonchev–Trinajstić information content (AvgIpc) is 2.52. The maximum atomic E-state index is 11.3. The number of ether oxygens (including phenoxy) is 1. The highest BCUT2D eigenvalue weighted by atomic mass is 16.6. The van der Waals surface area contributed by atoms with E-state index < -0.39 is 6.09 Å². The molecule has 0 unspecified atom stereocenters. The highest BCUT2D eigenvalue weighted by molar-refractivity contribution is 5.99. The van der Waals surface area contributed by atoms with Gasteiger partial charge in [0, 0.05) is 0 Å². The van der Waals surface area contributed by atoms with Crippen LogP contribution in [0.2, 0.25) is 0 Å². The fourth-order valence-corrected chi connectivity index (χ4v) is 1.03. The van der Waals surface area contributed by atoms with E-state index in [1.165, 1.54) is 6.08 Å². The molecule has 0 atom stereocenters. The van der Waals surface area contributed by atoms with E-state index in [9.17, 15) is 9.59 Å². The zero-order valence-electron chi connectivity index (χ0n) is 7.66. The lowest BCUT2D eigenvalue weighted by Crippen LogP contribution is -2.29. The van der Waals surface area contributed by atoms with Gasteiger partial charge in [0.1, 0.15) is 6.61 Å². The van der Waals surface area contributed by atoms with E-state index in [-0.39, 0.29) is 5.91 Å². The van der Waals surface area contributed by atoms with Gasteiger partial charge in [-0.05, 0) is 12.5 Å². The lowest BCUT2D eigenvalue weighted by Gasteiger charge is -2.05. The highest BCUT2D eigenvalue weighted by Crippen LogP contribution is 2.04. The Morgan fingerprint density at radius 1 is 1.69 bits per heavy atom. The van der Waals surface area contributed by atoms with Crippen LogP contribution in [0.4, 0.5) is 4.79 Å². The zero-order chi connectivity index (χ0) is 9.68. The monoisotopic (exact) mass is 183 g/mol. The maximum Gasteiger partial charge on any atom is 0.416 e. The molecule has 1 fully saturated rings. The summed E-state index contributed by atoms with van der Waals surface area (Å²) in [5, 5.41) is 0. The summed E-state index contributed by atoms with van der Waals surface area (Å²) >= 11 is 0. The lowest BCUT2D eigenvalue weighted by atomic mass is 10.3. The van der Waals surface area contributed by atoms with Crippen LogP contribution in [-0.2, 0) is 9.53 Å². The van der Waals surface area contributed by atoms with Gasteiger partial charge in [-0.15, -0.1) is 0 Å². The molecule has 1 aliphatic heterocycles. The van der Waals surface area contributed by atoms with E-state index in [1.807, 2.05) is 6.92 Å². The third-order valence-corrected chi connectivity index (χ3v) is 1.74. The molecule has 4 nitrogen and oxygen atoms in total. The van der Waals surface area contributed by atoms with Gasteiger partial charge in [0.2, 0.25) is 0 Å². The Morgan fingerprint density at radius 2 is 2.46 bits per heavy atom. The Hall–Kier alpha value is -1.32. The SMILES string of the molecule is CCCC=CC(=O)N1CCOC1=O. The number of allylic oxidation sites excluding steroid dienone is 1. The van der Waals surface area contributed by atoms with Crippen molar-refractivity contribution in [3.8, 4) is 0 Å². The third-order valence-electron chi connectivity index (χ3n) is 1.74. The van der Waals surface area contributed by atoms with Crippen LogP contribution >= 0.6 is 0 Å². The van der Waals surface area contributed by atoms with Crippen LogP contribution in [-0.4, -0.2) is 30.1 Å². The van der Waals surface area contributed by atoms with E-state index in [2.05, 4.69) is 4.74 Å². The number of cyclic esters (lactones) is 1. The smallest absolute Gasteiger partial charge is 0.416 e. The first kappa shape index (κ1) is 9.77. The summed E-state index contributed by atoms with van der Waals surface area (Å²) in [6.45, 7) is 2.71. The second-order valence-corrected chi connectivity index (χ2v) is 2.80. The highest BCUT2D eigenvalue weighted by Gasteiger charge is 2.26. The molecule has 1 aliphatic rings. The van der Waals surface area contributed by atoms with Crippen molar-refractivity contribution in [3.05, 3.63) is 12.2 Å². The van der Waals surface area contributed by atoms with Gasteiger partial charge in [-0.3, -0.25) is 4.79 Å². The molecule has 0 aliphatic carbocycles. The number of carbonyl (C=O) groups excluding carboxylic acids is 2. The van der Waals surface area contributed by atoms with Gasteiger partial charge in [-0.25, -0.2) is 9.69 Å². The summed E-state index contributed by atoms with van der Waals surface area (Å²) in [6, 6.07) is 0. The minimum atomic E-state index is -0.536. The molecule has 0 saturated carbocycles. The molecule has 0 bridgehead atoms. The normalized spacial score (nSPS) is 16.7. The number of carbonyl (C=O) groups is 2. The second kappa shape index (κ2) is 4.64. The summed E-state index contributed by atoms with van der Waals surface area (Å²) in [5.74, 6) is -0.282. The van der Waals surface area contributed by atoms with Gasteiger partial charge in [0.25, 0.3) is 5.91 Å². The summed E-state index contributed by atoms with van der Waals surface area (Å²) in [4.78, 5) is 23.3. The van der Waals surface area contributed by atoms with Crippen LogP contribution in [0.5, 0.6) is 0 Å². The molecule has 1 rings (SSSR count). The maximum absolute atomic E-state index is 11.3. The zero-order valence-corrected chi connectivity index (χ0v) is 7.66. The Labute approximate surface area is 77.2 Å². The van der Waals surface area contributed by atoms with Gasteiger partial charge in [-0.2, -0.15) is 0 Å². The molecule has 13 heavy (non-hydrogen) atoms. The fourth-order valence-electron chi connectivity index (χ4n) is 1.03. The van der Waals surface area contributed by atoms with Crippen molar-refractivity contribution in [3.63, 3.8) is 0 Å². The number of imide groups is 1. The summed E-state index contributed by atoms with van der Waals surface area (Å²) in [6.07, 6.45) is 4.51. The quantitative estimate of drug-likeness (QED) is 0.620. The minimum absolute atomic E-state index is 0.282. The van der Waals surface area contributed by atoms with Crippen molar-refractivity contribution in [2.75, 3.05) is 13.2 Å². The number of unbranched alkanes of at least 4 members (excludes halogenated alkanes) is 1. The predicted molar refractivity (Wildman–Crippen MR) is 47.1 cm³/mol. The molecule has 0 spiro atoms. The van der Waals surface area contributed by atoms with Gasteiger partial charge in [0.15, 0.2) is 0 Å². The lowest BCUT2D eigenvalue weighted by molar-refractivity contribution is -0.122. The summed E-state index contributed by atoms with van der Waals surface area (Å²) < 4.78 is 4.63. The molecule has 2 amide bonds. The van der Waals surface area contributed by atoms with Crippen LogP contribution in [0.3, 0.4) is 0 Å². The molecule has 0 radical (unpaired) electrons. The Morgan fingerprint density at radius 3 is 3.00 bits per heavy atom. The summed E-state index contributed by atoms with van der Waals surface area (Å²) in [7, 11) is 0. The number of hydrogen-bond donors (Lipinski definition) is 0. The Kier molecular flexibility index (Phi) is 3.49. The first-order valence-corrected chi connectivity index (χ1v) is 4.40. The molecule has 4 heteroatoms. The number of amides is 2. The van der Waals surface area contributed by atoms with Gasteiger partial charge in [0.05, 0.1) is 6.54 Å². The minimum Gasteiger partial charge on any atom is -0.447 e. The van der Waals surface area contributed by atoms with Crippen molar-refractivity contribution < 1.29 is 14.3 Å². The molecule has 1 heterocycles. The van der Waals surface area contributed by atoms with Crippen LogP contribution < -0.4 is 0 Å². The van der Waals surface area contributed by atoms with Crippen LogP contribution in [0.1, 0.15) is 19.8 Å². The topological polar surface area (TPSA) is 46.6 Å². The second-order valence-electron chi connectivity index (χ2n) is 2.80. The Balaban J connectivity index is 2.43. The van der Waals surface area contributed by atoms with Gasteiger partial charge in [-0.1, -0.05) is 19.4 Å². The van der Waals surface area contributed by atoms with Gasteiger partial charge >= 0.3 is 6.09 Å². The molecule has 0 aromatic heterocycles. The molecule has 0 N–H and O–H groups in total. The van der Waals surface area contributed by atoms with E-state index in [0.29, 0.717) is 13.2 Å². The molecule has 0 aromatic carbocycles. The standard InChI is InChI=1S/C9H13NO3/c1-2-3-4-5-8(11)10-6-7-13-9(10)12/h4-5H,2-3,6-7H2,1H3. The average molecular weight is 183 g/mol. The van der Waals surface area contributed by atoms with E-state index in [0.717, 1.165) is 17.7 Å². The largest absolute Gasteiger partial charge is 0.447 e. The fraction of sp³-hybridized carbons (Fsp3) is 0.556. The number of rotatable bonds is 3. The first-order valence-electron chi connectivity index (χ1n) is 4.40. The first-order chi connectivity index (χ1) is 6.25. The van der Waals surface area contributed by atoms with E-state index in [4.69, 9.17) is 0 Å². The molecule has 72 valence electrons. The molecular weight excluding hydrogens is 170 g/mol.